The van der Waals surface area contributed by atoms with Crippen molar-refractivity contribution in [1.82, 2.24) is 9.80 Å². The first kappa shape index (κ1) is 11.4. The maximum Gasteiger partial charge on any atom is 0.0763 e. The molecule has 0 aromatic heterocycles. The summed E-state index contributed by atoms with van der Waals surface area (Å²) in [5.41, 5.74) is 0. The Balaban J connectivity index is 2.25. The Hall–Kier alpha value is 0.360. The first-order valence-electron chi connectivity index (χ1n) is 4.76. The smallest absolute Gasteiger partial charge is 0.0763 e. The van der Waals surface area contributed by atoms with Crippen molar-refractivity contribution in [3.8, 4) is 0 Å². The highest BCUT2D eigenvalue weighted by molar-refractivity contribution is 9.09. The standard InChI is InChI=1S/C9H19BrN2O/c1-11(2)8-3-4-12(6-8)7-9(13)5-10/h8-9,13H,3-7H2,1-2H3. The Labute approximate surface area is 88.8 Å². The Bertz CT molecular complexity index is 155. The Morgan fingerprint density at radius 2 is 2.31 bits per heavy atom. The minimum atomic E-state index is -0.221. The second-order valence-electron chi connectivity index (χ2n) is 3.97. The number of β-amino-alcohol motifs (C(OH)–C–C–N with tert-alkyl or cyclic N) is 1. The summed E-state index contributed by atoms with van der Waals surface area (Å²) >= 11 is 3.28. The number of alkyl halides is 1. The number of halogens is 1. The van der Waals surface area contributed by atoms with Crippen LogP contribution in [0.2, 0.25) is 0 Å². The molecule has 2 unspecified atom stereocenters. The Kier molecular flexibility index (Phi) is 4.66. The van der Waals surface area contributed by atoms with Crippen LogP contribution in [0.15, 0.2) is 0 Å². The molecule has 3 nitrogen and oxygen atoms in total. The molecule has 1 aliphatic heterocycles. The lowest BCUT2D eigenvalue weighted by Gasteiger charge is -2.21. The number of likely N-dealkylation sites (N-methyl/N-ethyl adjacent to an activating group) is 1. The quantitative estimate of drug-likeness (QED) is 0.732. The van der Waals surface area contributed by atoms with Crippen molar-refractivity contribution in [2.45, 2.75) is 18.6 Å². The van der Waals surface area contributed by atoms with Crippen molar-refractivity contribution in [2.75, 3.05) is 39.1 Å². The van der Waals surface area contributed by atoms with Crippen molar-refractivity contribution in [1.29, 1.82) is 0 Å². The van der Waals surface area contributed by atoms with Crippen LogP contribution in [0.5, 0.6) is 0 Å². The highest BCUT2D eigenvalue weighted by atomic mass is 79.9. The molecule has 0 bridgehead atoms. The van der Waals surface area contributed by atoms with Crippen molar-refractivity contribution in [3.63, 3.8) is 0 Å². The number of aliphatic hydroxyl groups is 1. The van der Waals surface area contributed by atoms with E-state index in [9.17, 15) is 5.11 Å². The molecule has 4 heteroatoms. The van der Waals surface area contributed by atoms with Gasteiger partial charge >= 0.3 is 0 Å². The van der Waals surface area contributed by atoms with E-state index >= 15 is 0 Å². The van der Waals surface area contributed by atoms with E-state index in [1.165, 1.54) is 6.42 Å². The van der Waals surface area contributed by atoms with Crippen molar-refractivity contribution >= 4 is 15.9 Å². The molecule has 2 atom stereocenters. The van der Waals surface area contributed by atoms with E-state index in [1.54, 1.807) is 0 Å². The first-order chi connectivity index (χ1) is 6.13. The van der Waals surface area contributed by atoms with Crippen molar-refractivity contribution in [2.24, 2.45) is 0 Å². The van der Waals surface area contributed by atoms with Crippen molar-refractivity contribution < 1.29 is 5.11 Å². The molecule has 78 valence electrons. The summed E-state index contributed by atoms with van der Waals surface area (Å²) in [4.78, 5) is 4.59. The average molecular weight is 251 g/mol. The lowest BCUT2D eigenvalue weighted by molar-refractivity contribution is 0.140. The number of hydrogen-bond acceptors (Lipinski definition) is 3. The van der Waals surface area contributed by atoms with Crippen LogP contribution in [0.25, 0.3) is 0 Å². The van der Waals surface area contributed by atoms with Gasteiger partial charge in [0.25, 0.3) is 0 Å². The average Bonchev–Trinajstić information content (AvgIpc) is 2.52. The summed E-state index contributed by atoms with van der Waals surface area (Å²) in [7, 11) is 4.24. The van der Waals surface area contributed by atoms with E-state index in [4.69, 9.17) is 0 Å². The van der Waals surface area contributed by atoms with E-state index in [2.05, 4.69) is 39.8 Å². The van der Waals surface area contributed by atoms with Gasteiger partial charge in [0, 0.05) is 24.5 Å². The molecule has 0 amide bonds. The summed E-state index contributed by atoms with van der Waals surface area (Å²) in [6.07, 6.45) is 1.00. The van der Waals surface area contributed by atoms with Gasteiger partial charge in [0.2, 0.25) is 0 Å². The molecule has 0 aromatic carbocycles. The zero-order valence-corrected chi connectivity index (χ0v) is 10.00. The van der Waals surface area contributed by atoms with Gasteiger partial charge in [-0.25, -0.2) is 0 Å². The number of nitrogens with zero attached hydrogens (tertiary/aromatic N) is 2. The summed E-state index contributed by atoms with van der Waals surface area (Å²) in [6, 6.07) is 0.669. The lowest BCUT2D eigenvalue weighted by Crippen LogP contribution is -2.35. The van der Waals surface area contributed by atoms with Gasteiger partial charge in [-0.15, -0.1) is 0 Å². The van der Waals surface area contributed by atoms with E-state index in [1.807, 2.05) is 0 Å². The molecule has 13 heavy (non-hydrogen) atoms. The molecule has 1 rings (SSSR count). The molecule has 0 spiro atoms. The minimum absolute atomic E-state index is 0.221. The SMILES string of the molecule is CN(C)C1CCN(CC(O)CBr)C1. The van der Waals surface area contributed by atoms with E-state index < -0.39 is 0 Å². The largest absolute Gasteiger partial charge is 0.391 e. The molecule has 1 fully saturated rings. The Morgan fingerprint density at radius 3 is 2.77 bits per heavy atom. The molecule has 0 radical (unpaired) electrons. The number of likely N-dealkylation sites (tertiary alicyclic amines) is 1. The molecular formula is C9H19BrN2O. The van der Waals surface area contributed by atoms with Crippen LogP contribution in [0.4, 0.5) is 0 Å². The van der Waals surface area contributed by atoms with E-state index in [-0.39, 0.29) is 6.10 Å². The lowest BCUT2D eigenvalue weighted by atomic mass is 10.2. The monoisotopic (exact) mass is 250 g/mol. The van der Waals surface area contributed by atoms with E-state index in [0.717, 1.165) is 19.6 Å². The molecule has 0 aliphatic carbocycles. The summed E-state index contributed by atoms with van der Waals surface area (Å²) in [5, 5.41) is 10.1. The molecule has 0 saturated carbocycles. The maximum absolute atomic E-state index is 9.44. The van der Waals surface area contributed by atoms with Crippen LogP contribution in [0.3, 0.4) is 0 Å². The van der Waals surface area contributed by atoms with Gasteiger partial charge in [0.05, 0.1) is 6.10 Å². The van der Waals surface area contributed by atoms with Gasteiger partial charge in [-0.05, 0) is 27.1 Å². The van der Waals surface area contributed by atoms with Gasteiger partial charge in [-0.3, -0.25) is 4.90 Å². The predicted octanol–water partition coefficient (Wildman–Crippen LogP) is 0.378. The van der Waals surface area contributed by atoms with Crippen LogP contribution < -0.4 is 0 Å². The highest BCUT2D eigenvalue weighted by Gasteiger charge is 2.24. The third-order valence-electron chi connectivity index (χ3n) is 2.62. The van der Waals surface area contributed by atoms with Crippen LogP contribution in [0.1, 0.15) is 6.42 Å². The Morgan fingerprint density at radius 1 is 1.62 bits per heavy atom. The molecule has 1 aliphatic rings. The van der Waals surface area contributed by atoms with Gasteiger partial charge < -0.3 is 10.0 Å². The summed E-state index contributed by atoms with van der Waals surface area (Å²) < 4.78 is 0. The topological polar surface area (TPSA) is 26.7 Å². The fraction of sp³-hybridized carbons (Fsp3) is 1.00. The third kappa shape index (κ3) is 3.54. The fourth-order valence-electron chi connectivity index (χ4n) is 1.75. The summed E-state index contributed by atoms with van der Waals surface area (Å²) in [6.45, 7) is 3.01. The molecule has 1 saturated heterocycles. The summed E-state index contributed by atoms with van der Waals surface area (Å²) in [5.74, 6) is 0. The highest BCUT2D eigenvalue weighted by Crippen LogP contribution is 2.13. The first-order valence-corrected chi connectivity index (χ1v) is 5.88. The number of aliphatic hydroxyl groups excluding tert-OH is 1. The van der Waals surface area contributed by atoms with Crippen molar-refractivity contribution in [3.05, 3.63) is 0 Å². The van der Waals surface area contributed by atoms with Crippen LogP contribution in [-0.4, -0.2) is 66.1 Å². The molecule has 1 N–H and O–H groups in total. The predicted molar refractivity (Wildman–Crippen MR) is 58.3 cm³/mol. The number of rotatable bonds is 4. The minimum Gasteiger partial charge on any atom is -0.391 e. The second kappa shape index (κ2) is 5.29. The van der Waals surface area contributed by atoms with Gasteiger partial charge in [-0.1, -0.05) is 15.9 Å². The number of hydrogen-bond donors (Lipinski definition) is 1. The molecular weight excluding hydrogens is 232 g/mol. The zero-order chi connectivity index (χ0) is 9.84. The fourth-order valence-corrected chi connectivity index (χ4v) is 1.95. The van der Waals surface area contributed by atoms with Crippen LogP contribution in [0, 0.1) is 0 Å². The van der Waals surface area contributed by atoms with Gasteiger partial charge in [0.1, 0.15) is 0 Å². The van der Waals surface area contributed by atoms with Gasteiger partial charge in [0.15, 0.2) is 0 Å². The van der Waals surface area contributed by atoms with Crippen LogP contribution >= 0.6 is 15.9 Å². The molecule has 1 heterocycles. The molecule has 0 aromatic rings. The zero-order valence-electron chi connectivity index (χ0n) is 8.41. The second-order valence-corrected chi connectivity index (χ2v) is 4.62. The van der Waals surface area contributed by atoms with Crippen LogP contribution in [-0.2, 0) is 0 Å². The third-order valence-corrected chi connectivity index (χ3v) is 3.37. The van der Waals surface area contributed by atoms with E-state index in [0.29, 0.717) is 11.4 Å². The van der Waals surface area contributed by atoms with Gasteiger partial charge in [-0.2, -0.15) is 0 Å². The normalized spacial score (nSPS) is 27.0. The maximum atomic E-state index is 9.44.